The number of aromatic nitrogens is 2. The Hall–Kier alpha value is -4.80. The summed E-state index contributed by atoms with van der Waals surface area (Å²) in [5, 5.41) is 12.6. The van der Waals surface area contributed by atoms with E-state index in [9.17, 15) is 9.59 Å². The molecule has 1 unspecified atom stereocenters. The molecule has 0 saturated carbocycles. The number of anilines is 1. The highest BCUT2D eigenvalue weighted by molar-refractivity contribution is 6.04. The second kappa shape index (κ2) is 11.3. The SMILES string of the molecule is CCC1C=C(CCn2nc(-c3ccc(C=NC(=O)c4ccccc4OC)cc3)c(C(N)=O)c2N)NN=N1. The summed E-state index contributed by atoms with van der Waals surface area (Å²) in [6.45, 7) is 2.46. The lowest BCUT2D eigenvalue weighted by molar-refractivity contribution is 0.0992. The highest BCUT2D eigenvalue weighted by atomic mass is 16.5. The monoisotopic (exact) mass is 500 g/mol. The Bertz CT molecular complexity index is 1390. The van der Waals surface area contributed by atoms with Gasteiger partial charge in [-0.2, -0.15) is 10.2 Å². The summed E-state index contributed by atoms with van der Waals surface area (Å²) in [5.74, 6) is -0.432. The number of nitrogens with zero attached hydrogens (tertiary/aromatic N) is 5. The fourth-order valence-electron chi connectivity index (χ4n) is 3.88. The molecule has 11 nitrogen and oxygen atoms in total. The number of amides is 2. The minimum absolute atomic E-state index is 0.0371. The molecule has 37 heavy (non-hydrogen) atoms. The maximum atomic E-state index is 12.5. The molecule has 1 aliphatic rings. The number of hydrogen-bond donors (Lipinski definition) is 3. The quantitative estimate of drug-likeness (QED) is 0.381. The fraction of sp³-hybridized carbons (Fsp3) is 0.231. The zero-order valence-corrected chi connectivity index (χ0v) is 20.6. The summed E-state index contributed by atoms with van der Waals surface area (Å²) in [7, 11) is 1.50. The lowest BCUT2D eigenvalue weighted by Crippen LogP contribution is -2.17. The van der Waals surface area contributed by atoms with Crippen molar-refractivity contribution in [2.45, 2.75) is 32.4 Å². The van der Waals surface area contributed by atoms with Gasteiger partial charge >= 0.3 is 0 Å². The Balaban J connectivity index is 1.52. The van der Waals surface area contributed by atoms with Crippen molar-refractivity contribution in [3.05, 3.63) is 77.0 Å². The summed E-state index contributed by atoms with van der Waals surface area (Å²) in [4.78, 5) is 28.7. The van der Waals surface area contributed by atoms with Gasteiger partial charge in [-0.25, -0.2) is 9.67 Å². The van der Waals surface area contributed by atoms with E-state index in [0.717, 1.165) is 12.1 Å². The number of nitrogen functional groups attached to an aromatic ring is 1. The number of methoxy groups -OCH3 is 1. The molecule has 3 aromatic rings. The summed E-state index contributed by atoms with van der Waals surface area (Å²) < 4.78 is 6.78. The molecule has 2 amide bonds. The second-order valence-corrected chi connectivity index (χ2v) is 8.33. The number of aryl methyl sites for hydroxylation is 1. The maximum absolute atomic E-state index is 12.5. The van der Waals surface area contributed by atoms with Crippen LogP contribution in [0.15, 0.2) is 75.6 Å². The third-order valence-electron chi connectivity index (χ3n) is 5.89. The number of nitrogens with one attached hydrogen (secondary N) is 1. The smallest absolute Gasteiger partial charge is 0.280 e. The van der Waals surface area contributed by atoms with E-state index in [4.69, 9.17) is 16.2 Å². The minimum Gasteiger partial charge on any atom is -0.496 e. The number of nitrogens with two attached hydrogens (primary N) is 2. The first kappa shape index (κ1) is 25.3. The van der Waals surface area contributed by atoms with Crippen molar-refractivity contribution in [2.24, 2.45) is 21.1 Å². The second-order valence-electron chi connectivity index (χ2n) is 8.33. The number of primary amides is 1. The molecule has 11 heteroatoms. The zero-order chi connectivity index (χ0) is 26.4. The van der Waals surface area contributed by atoms with Crippen LogP contribution in [-0.2, 0) is 6.54 Å². The Morgan fingerprint density at radius 1 is 1.19 bits per heavy atom. The predicted molar refractivity (Wildman–Crippen MR) is 140 cm³/mol. The molecule has 0 radical (unpaired) electrons. The molecule has 1 aromatic heterocycles. The van der Waals surface area contributed by atoms with Crippen LogP contribution in [0.5, 0.6) is 5.75 Å². The molecular formula is C26H28N8O3. The van der Waals surface area contributed by atoms with E-state index in [1.165, 1.54) is 13.3 Å². The van der Waals surface area contributed by atoms with E-state index in [1.54, 1.807) is 53.2 Å². The average Bonchev–Trinajstić information content (AvgIpc) is 3.27. The number of carbonyl (C=O) groups excluding carboxylic acids is 2. The lowest BCUT2D eigenvalue weighted by atomic mass is 10.1. The molecule has 5 N–H and O–H groups in total. The highest BCUT2D eigenvalue weighted by Crippen LogP contribution is 2.28. The van der Waals surface area contributed by atoms with Gasteiger partial charge in [0.15, 0.2) is 0 Å². The van der Waals surface area contributed by atoms with Crippen LogP contribution in [-0.4, -0.2) is 41.0 Å². The lowest BCUT2D eigenvalue weighted by Gasteiger charge is -2.14. The Labute approximate surface area is 213 Å². The largest absolute Gasteiger partial charge is 0.496 e. The van der Waals surface area contributed by atoms with Crippen molar-refractivity contribution in [3.8, 4) is 17.0 Å². The van der Waals surface area contributed by atoms with Gasteiger partial charge in [0.05, 0.1) is 18.7 Å². The third kappa shape index (κ3) is 5.72. The van der Waals surface area contributed by atoms with E-state index in [-0.39, 0.29) is 17.4 Å². The predicted octanol–water partition coefficient (Wildman–Crippen LogP) is 3.52. The van der Waals surface area contributed by atoms with Gasteiger partial charge in [-0.3, -0.25) is 15.0 Å². The van der Waals surface area contributed by atoms with Crippen molar-refractivity contribution in [3.63, 3.8) is 0 Å². The zero-order valence-electron chi connectivity index (χ0n) is 20.6. The molecule has 0 spiro atoms. The molecule has 1 atom stereocenters. The first-order chi connectivity index (χ1) is 17.9. The molecular weight excluding hydrogens is 472 g/mol. The van der Waals surface area contributed by atoms with Crippen LogP contribution in [0.1, 0.15) is 46.0 Å². The summed E-state index contributed by atoms with van der Waals surface area (Å²) >= 11 is 0. The topological polar surface area (TPSA) is 162 Å². The van der Waals surface area contributed by atoms with Crippen LogP contribution >= 0.6 is 0 Å². The number of benzene rings is 2. The number of rotatable bonds is 9. The van der Waals surface area contributed by atoms with Gasteiger partial charge in [0.2, 0.25) is 0 Å². The van der Waals surface area contributed by atoms with E-state index in [0.29, 0.717) is 41.1 Å². The van der Waals surface area contributed by atoms with Crippen molar-refractivity contribution < 1.29 is 14.3 Å². The third-order valence-corrected chi connectivity index (χ3v) is 5.89. The summed E-state index contributed by atoms with van der Waals surface area (Å²) in [6, 6.07) is 14.0. The van der Waals surface area contributed by atoms with Gasteiger partial charge in [0.25, 0.3) is 11.8 Å². The van der Waals surface area contributed by atoms with Gasteiger partial charge in [0.1, 0.15) is 22.8 Å². The van der Waals surface area contributed by atoms with Crippen LogP contribution in [0.2, 0.25) is 0 Å². The molecule has 2 heterocycles. The summed E-state index contributed by atoms with van der Waals surface area (Å²) in [5.41, 5.74) is 17.9. The highest BCUT2D eigenvalue weighted by Gasteiger charge is 2.22. The van der Waals surface area contributed by atoms with Crippen LogP contribution in [0.3, 0.4) is 0 Å². The van der Waals surface area contributed by atoms with E-state index >= 15 is 0 Å². The number of ether oxygens (including phenoxy) is 1. The van der Waals surface area contributed by atoms with Crippen LogP contribution in [0.25, 0.3) is 11.3 Å². The molecule has 2 aromatic carbocycles. The molecule has 0 saturated heterocycles. The normalized spacial score (nSPS) is 14.9. The first-order valence-corrected chi connectivity index (χ1v) is 11.8. The van der Waals surface area contributed by atoms with Gasteiger partial charge in [0, 0.05) is 30.4 Å². The van der Waals surface area contributed by atoms with Gasteiger partial charge in [-0.15, -0.1) is 0 Å². The van der Waals surface area contributed by atoms with Crippen molar-refractivity contribution in [1.82, 2.24) is 15.2 Å². The van der Waals surface area contributed by atoms with Crippen LogP contribution < -0.4 is 21.6 Å². The number of allylic oxidation sites excluding steroid dienone is 1. The van der Waals surface area contributed by atoms with Gasteiger partial charge in [-0.05, 0) is 30.2 Å². The van der Waals surface area contributed by atoms with E-state index in [2.05, 4.69) is 25.9 Å². The number of hydrogen-bond acceptors (Lipinski definition) is 8. The molecule has 190 valence electrons. The average molecular weight is 501 g/mol. The van der Waals surface area contributed by atoms with Gasteiger partial charge < -0.3 is 16.2 Å². The van der Waals surface area contributed by atoms with Crippen LogP contribution in [0, 0.1) is 0 Å². The van der Waals surface area contributed by atoms with Crippen LogP contribution in [0.4, 0.5) is 5.82 Å². The van der Waals surface area contributed by atoms with Crippen molar-refractivity contribution >= 4 is 23.8 Å². The van der Waals surface area contributed by atoms with Gasteiger partial charge in [-0.1, -0.05) is 48.5 Å². The Morgan fingerprint density at radius 2 is 1.95 bits per heavy atom. The molecule has 4 rings (SSSR count). The molecule has 0 fully saturated rings. The Morgan fingerprint density at radius 3 is 2.65 bits per heavy atom. The maximum Gasteiger partial charge on any atom is 0.280 e. The Kier molecular flexibility index (Phi) is 7.72. The minimum atomic E-state index is -0.665. The standard InChI is InChI=1S/C26H28N8O3/c1-3-18-14-19(31-33-30-18)12-13-34-24(27)22(25(28)35)23(32-34)17-10-8-16(9-11-17)15-29-26(36)20-6-4-5-7-21(20)37-2/h4-11,14-15,18H,3,12-13,27H2,1-2H3,(H2,28,35)(H,30,31). The first-order valence-electron chi connectivity index (χ1n) is 11.8. The summed E-state index contributed by atoms with van der Waals surface area (Å²) in [6.07, 6.45) is 4.91. The van der Waals surface area contributed by atoms with E-state index < -0.39 is 11.8 Å². The number of carbonyl (C=O) groups is 2. The molecule has 0 aliphatic carbocycles. The van der Waals surface area contributed by atoms with E-state index in [1.807, 2.05) is 13.0 Å². The van der Waals surface area contributed by atoms with Crippen molar-refractivity contribution in [1.29, 1.82) is 0 Å². The molecule has 1 aliphatic heterocycles. The number of para-hydroxylation sites is 1. The fourth-order valence-corrected chi connectivity index (χ4v) is 3.88. The van der Waals surface area contributed by atoms with Crippen molar-refractivity contribution in [2.75, 3.05) is 12.8 Å². The molecule has 0 bridgehead atoms. The number of aliphatic imine (C=N–C) groups is 1.